The third-order valence-corrected chi connectivity index (χ3v) is 2.42. The molecule has 0 aromatic heterocycles. The summed E-state index contributed by atoms with van der Waals surface area (Å²) in [5.74, 6) is -0.325. The molecule has 2 rings (SSSR count). The van der Waals surface area contributed by atoms with Crippen molar-refractivity contribution in [2.24, 2.45) is 0 Å². The van der Waals surface area contributed by atoms with Gasteiger partial charge in [0.15, 0.2) is 0 Å². The Balaban J connectivity index is 1.99. The van der Waals surface area contributed by atoms with Gasteiger partial charge in [-0.2, -0.15) is 0 Å². The van der Waals surface area contributed by atoms with Crippen molar-refractivity contribution >= 4 is 13.3 Å². The predicted molar refractivity (Wildman–Crippen MR) is 55.9 cm³/mol. The quantitative estimate of drug-likeness (QED) is 0.543. The first-order valence-corrected chi connectivity index (χ1v) is 4.95. The zero-order chi connectivity index (χ0) is 10.8. The lowest BCUT2D eigenvalue weighted by Crippen LogP contribution is -2.16. The van der Waals surface area contributed by atoms with Gasteiger partial charge in [-0.15, -0.1) is 0 Å². The molecular weight excluding hydrogens is 194 g/mol. The van der Waals surface area contributed by atoms with Crippen molar-refractivity contribution in [1.29, 1.82) is 0 Å². The molecule has 1 heterocycles. The van der Waals surface area contributed by atoms with E-state index in [1.807, 2.05) is 6.92 Å². The molecule has 4 heteroatoms. The van der Waals surface area contributed by atoms with Crippen LogP contribution in [0, 0.1) is 5.82 Å². The van der Waals surface area contributed by atoms with Gasteiger partial charge in [-0.1, -0.05) is 11.5 Å². The Kier molecular flexibility index (Phi) is 3.07. The maximum absolute atomic E-state index is 12.8. The molecule has 1 aromatic rings. The standard InChI is InChI=1S/C11H12BFO2/c1-7(14-5-9-6-15-9)10-3-2-8(13)4-11(10)12/h2-4,7,9H,5-6H2,1H3/t7-,9+/m1/s1. The molecule has 1 aliphatic rings. The Hall–Kier alpha value is -0.865. The summed E-state index contributed by atoms with van der Waals surface area (Å²) in [5, 5.41) is 0. The predicted octanol–water partition coefficient (Wildman–Crippen LogP) is 1.10. The number of halogens is 1. The van der Waals surface area contributed by atoms with Crippen LogP contribution in [0.5, 0.6) is 0 Å². The zero-order valence-electron chi connectivity index (χ0n) is 8.57. The first-order chi connectivity index (χ1) is 7.16. The van der Waals surface area contributed by atoms with Crippen LogP contribution in [0.4, 0.5) is 4.39 Å². The lowest BCUT2D eigenvalue weighted by Gasteiger charge is -2.15. The molecule has 0 amide bonds. The van der Waals surface area contributed by atoms with E-state index in [1.54, 1.807) is 6.07 Å². The number of benzene rings is 1. The van der Waals surface area contributed by atoms with Gasteiger partial charge in [-0.25, -0.2) is 4.39 Å². The molecule has 0 spiro atoms. The second kappa shape index (κ2) is 4.33. The van der Waals surface area contributed by atoms with Crippen LogP contribution in [0.1, 0.15) is 18.6 Å². The molecule has 2 atom stereocenters. The van der Waals surface area contributed by atoms with Crippen molar-refractivity contribution in [3.8, 4) is 0 Å². The highest BCUT2D eigenvalue weighted by Gasteiger charge is 2.23. The average molecular weight is 206 g/mol. The summed E-state index contributed by atoms with van der Waals surface area (Å²) in [7, 11) is 5.69. The van der Waals surface area contributed by atoms with E-state index in [4.69, 9.17) is 17.3 Å². The minimum Gasteiger partial charge on any atom is -0.371 e. The number of hydrogen-bond donors (Lipinski definition) is 0. The molecule has 0 N–H and O–H groups in total. The van der Waals surface area contributed by atoms with Gasteiger partial charge in [-0.05, 0) is 24.6 Å². The van der Waals surface area contributed by atoms with Crippen LogP contribution < -0.4 is 5.46 Å². The molecule has 2 radical (unpaired) electrons. The van der Waals surface area contributed by atoms with Gasteiger partial charge >= 0.3 is 0 Å². The van der Waals surface area contributed by atoms with E-state index >= 15 is 0 Å². The third kappa shape index (κ3) is 2.80. The highest BCUT2D eigenvalue weighted by Crippen LogP contribution is 2.18. The molecular formula is C11H12BFO2. The van der Waals surface area contributed by atoms with Crippen LogP contribution in [0.3, 0.4) is 0 Å². The van der Waals surface area contributed by atoms with Crippen molar-refractivity contribution in [2.45, 2.75) is 19.1 Å². The highest BCUT2D eigenvalue weighted by molar-refractivity contribution is 6.33. The lowest BCUT2D eigenvalue weighted by atomic mass is 9.88. The summed E-state index contributed by atoms with van der Waals surface area (Å²) in [6.45, 7) is 3.23. The average Bonchev–Trinajstić information content (AvgIpc) is 2.97. The van der Waals surface area contributed by atoms with E-state index in [1.165, 1.54) is 12.1 Å². The van der Waals surface area contributed by atoms with Gasteiger partial charge in [-0.3, -0.25) is 0 Å². The van der Waals surface area contributed by atoms with Crippen molar-refractivity contribution in [1.82, 2.24) is 0 Å². The van der Waals surface area contributed by atoms with Crippen molar-refractivity contribution in [2.75, 3.05) is 13.2 Å². The first-order valence-electron chi connectivity index (χ1n) is 4.95. The van der Waals surface area contributed by atoms with Gasteiger partial charge in [0.05, 0.1) is 19.3 Å². The molecule has 1 saturated heterocycles. The van der Waals surface area contributed by atoms with E-state index in [0.717, 1.165) is 12.2 Å². The molecule has 0 aliphatic carbocycles. The number of ether oxygens (including phenoxy) is 2. The molecule has 78 valence electrons. The highest BCUT2D eigenvalue weighted by atomic mass is 19.1. The van der Waals surface area contributed by atoms with Crippen LogP contribution in [0.15, 0.2) is 18.2 Å². The van der Waals surface area contributed by atoms with Crippen LogP contribution in [-0.4, -0.2) is 27.2 Å². The molecule has 1 aromatic carbocycles. The number of epoxide rings is 1. The second-order valence-corrected chi connectivity index (χ2v) is 3.70. The van der Waals surface area contributed by atoms with Gasteiger partial charge < -0.3 is 9.47 Å². The largest absolute Gasteiger partial charge is 0.371 e. The SMILES string of the molecule is [B]c1cc(F)ccc1[C@@H](C)OC[C@H]1CO1. The van der Waals surface area contributed by atoms with Crippen molar-refractivity contribution in [3.05, 3.63) is 29.6 Å². The maximum Gasteiger partial charge on any atom is 0.122 e. The minimum atomic E-state index is -0.325. The van der Waals surface area contributed by atoms with Gasteiger partial charge in [0.25, 0.3) is 0 Å². The smallest absolute Gasteiger partial charge is 0.122 e. The first kappa shape index (κ1) is 10.6. The molecule has 2 nitrogen and oxygen atoms in total. The van der Waals surface area contributed by atoms with E-state index in [0.29, 0.717) is 12.1 Å². The summed E-state index contributed by atoms with van der Waals surface area (Å²) >= 11 is 0. The fourth-order valence-corrected chi connectivity index (χ4v) is 1.42. The molecule has 1 aliphatic heterocycles. The Bertz CT molecular complexity index is 352. The van der Waals surface area contributed by atoms with Crippen LogP contribution >= 0.6 is 0 Å². The van der Waals surface area contributed by atoms with E-state index in [2.05, 4.69) is 0 Å². The van der Waals surface area contributed by atoms with Crippen molar-refractivity contribution in [3.63, 3.8) is 0 Å². The number of rotatable bonds is 4. The Labute approximate surface area is 89.8 Å². The summed E-state index contributed by atoms with van der Waals surface area (Å²) in [4.78, 5) is 0. The molecule has 0 saturated carbocycles. The molecule has 0 unspecified atom stereocenters. The number of hydrogen-bond acceptors (Lipinski definition) is 2. The lowest BCUT2D eigenvalue weighted by molar-refractivity contribution is 0.0545. The van der Waals surface area contributed by atoms with Crippen molar-refractivity contribution < 1.29 is 13.9 Å². The third-order valence-electron chi connectivity index (χ3n) is 2.42. The monoisotopic (exact) mass is 206 g/mol. The van der Waals surface area contributed by atoms with Gasteiger partial charge in [0, 0.05) is 0 Å². The van der Waals surface area contributed by atoms with Crippen LogP contribution in [0.2, 0.25) is 0 Å². The summed E-state index contributed by atoms with van der Waals surface area (Å²) in [6.07, 6.45) is 0.101. The zero-order valence-corrected chi connectivity index (χ0v) is 8.57. The fourth-order valence-electron chi connectivity index (χ4n) is 1.42. The van der Waals surface area contributed by atoms with E-state index in [-0.39, 0.29) is 18.0 Å². The summed E-state index contributed by atoms with van der Waals surface area (Å²) in [5.41, 5.74) is 1.25. The normalized spacial score (nSPS) is 21.3. The Morgan fingerprint density at radius 3 is 3.00 bits per heavy atom. The topological polar surface area (TPSA) is 21.8 Å². The van der Waals surface area contributed by atoms with E-state index < -0.39 is 0 Å². The fraction of sp³-hybridized carbons (Fsp3) is 0.455. The van der Waals surface area contributed by atoms with Gasteiger partial charge in [0.1, 0.15) is 19.8 Å². The summed E-state index contributed by atoms with van der Waals surface area (Å²) < 4.78 is 23.4. The van der Waals surface area contributed by atoms with Crippen LogP contribution in [0.25, 0.3) is 0 Å². The van der Waals surface area contributed by atoms with Gasteiger partial charge in [0.2, 0.25) is 0 Å². The summed E-state index contributed by atoms with van der Waals surface area (Å²) in [6, 6.07) is 4.35. The van der Waals surface area contributed by atoms with E-state index in [9.17, 15) is 4.39 Å². The Morgan fingerprint density at radius 2 is 2.40 bits per heavy atom. The Morgan fingerprint density at radius 1 is 1.67 bits per heavy atom. The molecule has 0 bridgehead atoms. The molecule has 15 heavy (non-hydrogen) atoms. The minimum absolute atomic E-state index is 0.130. The van der Waals surface area contributed by atoms with Crippen LogP contribution in [-0.2, 0) is 9.47 Å². The molecule has 1 fully saturated rings. The maximum atomic E-state index is 12.8. The second-order valence-electron chi connectivity index (χ2n) is 3.70.